The van der Waals surface area contributed by atoms with Crippen LogP contribution in [0.3, 0.4) is 0 Å². The first-order chi connectivity index (χ1) is 7.11. The van der Waals surface area contributed by atoms with Crippen molar-refractivity contribution >= 4 is 0 Å². The van der Waals surface area contributed by atoms with Crippen molar-refractivity contribution in [3.63, 3.8) is 0 Å². The van der Waals surface area contributed by atoms with Crippen LogP contribution in [0.15, 0.2) is 20.7 Å². The molecular weight excluding hydrogens is 208 g/mol. The summed E-state index contributed by atoms with van der Waals surface area (Å²) in [6.07, 6.45) is -8.08. The third-order valence-corrected chi connectivity index (χ3v) is 2.30. The van der Waals surface area contributed by atoms with Crippen molar-refractivity contribution in [3.05, 3.63) is 0 Å². The van der Waals surface area contributed by atoms with Gasteiger partial charge in [-0.25, -0.2) is 0 Å². The van der Waals surface area contributed by atoms with Crippen molar-refractivity contribution in [1.29, 1.82) is 0 Å². The highest BCUT2D eigenvalue weighted by atomic mass is 16.6. The third kappa shape index (κ3) is 1.75. The standard InChI is InChI=1S/C6H10N4O5/c11-1-2(12)4(5-7-9-10-8-5)15-6(14)3(1)13/h1-6,11-14H/t1-,2-,3+,4?,6+/m0/s1. The van der Waals surface area contributed by atoms with E-state index in [1.54, 1.807) is 0 Å². The van der Waals surface area contributed by atoms with Gasteiger partial charge in [-0.1, -0.05) is 0 Å². The van der Waals surface area contributed by atoms with Gasteiger partial charge in [0.1, 0.15) is 24.4 Å². The fraction of sp³-hybridized carbons (Fsp3) is 1.00. The minimum absolute atomic E-state index is 0.906. The summed E-state index contributed by atoms with van der Waals surface area (Å²) < 4.78 is 4.85. The van der Waals surface area contributed by atoms with E-state index < -0.39 is 36.9 Å². The fourth-order valence-electron chi connectivity index (χ4n) is 1.44. The summed E-state index contributed by atoms with van der Waals surface area (Å²) in [5.74, 6) is 0. The van der Waals surface area contributed by atoms with E-state index in [0.29, 0.717) is 0 Å². The lowest BCUT2D eigenvalue weighted by molar-refractivity contribution is -0.284. The number of aliphatic hydroxyl groups is 4. The number of ether oxygens (including phenoxy) is 1. The number of nitrogens with zero attached hydrogens (tertiary/aromatic N) is 4. The molecule has 4 N–H and O–H groups in total. The first kappa shape index (κ1) is 10.5. The first-order valence-electron chi connectivity index (χ1n) is 4.29. The van der Waals surface area contributed by atoms with Crippen molar-refractivity contribution < 1.29 is 25.2 Å². The molecule has 5 atom stereocenters. The molecule has 15 heavy (non-hydrogen) atoms. The Labute approximate surface area is 83.7 Å². The minimum Gasteiger partial charge on any atom is -0.387 e. The summed E-state index contributed by atoms with van der Waals surface area (Å²) in [5.41, 5.74) is 0. The van der Waals surface area contributed by atoms with Gasteiger partial charge in [0.25, 0.3) is 0 Å². The molecule has 0 aromatic carbocycles. The van der Waals surface area contributed by atoms with Gasteiger partial charge in [-0.2, -0.15) is 0 Å². The molecule has 84 valence electrons. The molecule has 1 saturated heterocycles. The highest BCUT2D eigenvalue weighted by Gasteiger charge is 2.47. The van der Waals surface area contributed by atoms with Crippen LogP contribution in [0.2, 0.25) is 0 Å². The van der Waals surface area contributed by atoms with Crippen molar-refractivity contribution in [2.45, 2.75) is 36.9 Å². The van der Waals surface area contributed by atoms with Gasteiger partial charge in [0, 0.05) is 0 Å². The molecule has 9 heteroatoms. The summed E-state index contributed by atoms with van der Waals surface area (Å²) in [6.45, 7) is 0. The van der Waals surface area contributed by atoms with Crippen molar-refractivity contribution in [2.75, 3.05) is 0 Å². The van der Waals surface area contributed by atoms with Crippen LogP contribution in [0.4, 0.5) is 0 Å². The summed E-state index contributed by atoms with van der Waals surface area (Å²) in [6, 6.07) is 0. The molecule has 0 bridgehead atoms. The quantitative estimate of drug-likeness (QED) is 0.401. The van der Waals surface area contributed by atoms with E-state index in [1.165, 1.54) is 0 Å². The molecule has 1 unspecified atom stereocenters. The molecule has 0 aliphatic carbocycles. The Balaban J connectivity index is 2.12. The normalized spacial score (nSPS) is 46.3. The lowest BCUT2D eigenvalue weighted by Crippen LogP contribution is -2.59. The summed E-state index contributed by atoms with van der Waals surface area (Å²) in [5, 5.41) is 50.7. The van der Waals surface area contributed by atoms with Gasteiger partial charge in [0.15, 0.2) is 6.29 Å². The van der Waals surface area contributed by atoms with E-state index in [1.807, 2.05) is 0 Å². The molecule has 0 spiro atoms. The zero-order valence-electron chi connectivity index (χ0n) is 7.45. The second kappa shape index (κ2) is 3.87. The first-order valence-corrected chi connectivity index (χ1v) is 4.29. The Bertz CT molecular complexity index is 285. The molecular formula is C6H10N4O5. The Morgan fingerprint density at radius 1 is 0.800 bits per heavy atom. The highest BCUT2D eigenvalue weighted by Crippen LogP contribution is 2.25. The molecule has 2 aliphatic heterocycles. The zero-order chi connectivity index (χ0) is 11.0. The highest BCUT2D eigenvalue weighted by molar-refractivity contribution is 4.93. The van der Waals surface area contributed by atoms with Gasteiger partial charge in [-0.3, -0.25) is 0 Å². The lowest BCUT2D eigenvalue weighted by atomic mass is 9.97. The van der Waals surface area contributed by atoms with Crippen LogP contribution >= 0.6 is 0 Å². The van der Waals surface area contributed by atoms with Crippen LogP contribution in [0.1, 0.15) is 0 Å². The van der Waals surface area contributed by atoms with Gasteiger partial charge in [-0.05, 0) is 10.4 Å². The Morgan fingerprint density at radius 2 is 1.40 bits per heavy atom. The summed E-state index contributed by atoms with van der Waals surface area (Å²) >= 11 is 0. The van der Waals surface area contributed by atoms with Crippen molar-refractivity contribution in [3.8, 4) is 0 Å². The molecule has 1 fully saturated rings. The molecule has 0 aromatic rings. The average molecular weight is 218 g/mol. The third-order valence-electron chi connectivity index (χ3n) is 2.30. The van der Waals surface area contributed by atoms with Gasteiger partial charge >= 0.3 is 0 Å². The maximum atomic E-state index is 9.54. The van der Waals surface area contributed by atoms with E-state index in [-0.39, 0.29) is 0 Å². The molecule has 9 nitrogen and oxygen atoms in total. The van der Waals surface area contributed by atoms with Crippen LogP contribution < -0.4 is 0 Å². The number of hydrogen-bond acceptors (Lipinski definition) is 9. The van der Waals surface area contributed by atoms with Crippen LogP contribution in [-0.4, -0.2) is 57.3 Å². The minimum atomic E-state index is -1.60. The average Bonchev–Trinajstić information content (AvgIpc) is 2.73. The van der Waals surface area contributed by atoms with E-state index >= 15 is 0 Å². The van der Waals surface area contributed by atoms with Crippen LogP contribution in [0.25, 0.3) is 0 Å². The van der Waals surface area contributed by atoms with Crippen LogP contribution in [0, 0.1) is 0 Å². The van der Waals surface area contributed by atoms with E-state index in [2.05, 4.69) is 20.7 Å². The van der Waals surface area contributed by atoms with E-state index in [9.17, 15) is 20.4 Å². The molecule has 2 rings (SSSR count). The topological polar surface area (TPSA) is 140 Å². The second-order valence-electron chi connectivity index (χ2n) is 3.29. The van der Waals surface area contributed by atoms with Gasteiger partial charge < -0.3 is 25.2 Å². The summed E-state index contributed by atoms with van der Waals surface area (Å²) in [7, 11) is 0. The second-order valence-corrected chi connectivity index (χ2v) is 3.29. The lowest BCUT2D eigenvalue weighted by Gasteiger charge is -2.38. The predicted molar refractivity (Wildman–Crippen MR) is 42.4 cm³/mol. The van der Waals surface area contributed by atoms with Crippen molar-refractivity contribution in [2.24, 2.45) is 20.7 Å². The number of rotatable bonds is 1. The monoisotopic (exact) mass is 218 g/mol. The summed E-state index contributed by atoms with van der Waals surface area (Å²) in [4.78, 5) is 0. The molecule has 2 heterocycles. The smallest absolute Gasteiger partial charge is 0.214 e. The molecule has 0 saturated carbocycles. The maximum absolute atomic E-state index is 9.54. The van der Waals surface area contributed by atoms with Crippen molar-refractivity contribution in [1.82, 2.24) is 0 Å². The Kier molecular flexibility index (Phi) is 2.71. The fourth-order valence-corrected chi connectivity index (χ4v) is 1.44. The Hall–Kier alpha value is -1.00. The van der Waals surface area contributed by atoms with E-state index in [4.69, 9.17) is 4.74 Å². The van der Waals surface area contributed by atoms with Crippen LogP contribution in [0.5, 0.6) is 0 Å². The molecule has 0 aromatic heterocycles. The molecule has 2 aliphatic rings. The molecule has 0 amide bonds. The van der Waals surface area contributed by atoms with Gasteiger partial charge in [-0.15, -0.1) is 10.2 Å². The Morgan fingerprint density at radius 3 is 2.00 bits per heavy atom. The maximum Gasteiger partial charge on any atom is 0.214 e. The largest absolute Gasteiger partial charge is 0.387 e. The SMILES string of the molecule is O[C@@H]1[C@@H](O)[C@H](O)C(C2N=NN=N2)O[C@H]1O. The predicted octanol–water partition coefficient (Wildman–Crippen LogP) is -2.05. The van der Waals surface area contributed by atoms with E-state index in [0.717, 1.165) is 0 Å². The number of hydrogen-bond donors (Lipinski definition) is 4. The zero-order valence-corrected chi connectivity index (χ0v) is 7.45. The van der Waals surface area contributed by atoms with Gasteiger partial charge in [0.05, 0.1) is 0 Å². The van der Waals surface area contributed by atoms with Crippen LogP contribution in [-0.2, 0) is 4.74 Å². The number of aliphatic hydroxyl groups excluding tert-OH is 4. The molecule has 0 radical (unpaired) electrons. The van der Waals surface area contributed by atoms with Gasteiger partial charge in [0.2, 0.25) is 6.17 Å².